The van der Waals surface area contributed by atoms with E-state index >= 15 is 0 Å². The Kier molecular flexibility index (Phi) is 5.09. The van der Waals surface area contributed by atoms with Crippen molar-refractivity contribution < 1.29 is 14.6 Å². The minimum atomic E-state index is -0.461. The Balaban J connectivity index is 1.55. The van der Waals surface area contributed by atoms with Gasteiger partial charge in [-0.05, 0) is 72.9 Å². The van der Waals surface area contributed by atoms with E-state index in [-0.39, 0.29) is 17.5 Å². The predicted molar refractivity (Wildman–Crippen MR) is 112 cm³/mol. The lowest BCUT2D eigenvalue weighted by atomic mass is 9.76. The molecule has 1 unspecified atom stereocenters. The molecule has 2 aromatic heterocycles. The second-order valence-corrected chi connectivity index (χ2v) is 8.38. The molecule has 0 aliphatic heterocycles. The summed E-state index contributed by atoms with van der Waals surface area (Å²) in [4.78, 5) is 20.8. The van der Waals surface area contributed by atoms with Crippen LogP contribution in [0, 0.1) is 5.41 Å². The van der Waals surface area contributed by atoms with Gasteiger partial charge < -0.3 is 15.2 Å². The lowest BCUT2D eigenvalue weighted by Crippen LogP contribution is -2.30. The molecule has 1 aromatic carbocycles. The normalized spacial score (nSPS) is 18.3. The van der Waals surface area contributed by atoms with Crippen molar-refractivity contribution in [1.82, 2.24) is 9.97 Å². The number of aromatic hydroxyl groups is 1. The molecule has 1 fully saturated rings. The number of aromatic nitrogens is 2. The number of pyridine rings is 2. The van der Waals surface area contributed by atoms with Crippen LogP contribution in [0.2, 0.25) is 0 Å². The van der Waals surface area contributed by atoms with Gasteiger partial charge in [-0.1, -0.05) is 13.8 Å². The maximum atomic E-state index is 12.4. The van der Waals surface area contributed by atoms with Crippen molar-refractivity contribution in [3.63, 3.8) is 0 Å². The number of hydrogen-bond donors (Lipinski definition) is 2. The van der Waals surface area contributed by atoms with Crippen molar-refractivity contribution in [2.24, 2.45) is 5.41 Å². The van der Waals surface area contributed by atoms with E-state index in [4.69, 9.17) is 4.74 Å². The summed E-state index contributed by atoms with van der Waals surface area (Å²) < 4.78 is 6.27. The quantitative estimate of drug-likeness (QED) is 0.658. The summed E-state index contributed by atoms with van der Waals surface area (Å²) in [5, 5.41) is 14.4. The van der Waals surface area contributed by atoms with Crippen molar-refractivity contribution in [1.29, 1.82) is 0 Å². The fraction of sp³-hybridized carbons (Fsp3) is 0.348. The molecule has 2 heterocycles. The first kappa shape index (κ1) is 19.2. The molecule has 2 N–H and O–H groups in total. The van der Waals surface area contributed by atoms with E-state index in [0.29, 0.717) is 17.0 Å². The number of amides is 1. The van der Waals surface area contributed by atoms with E-state index < -0.39 is 5.91 Å². The van der Waals surface area contributed by atoms with E-state index in [9.17, 15) is 9.90 Å². The van der Waals surface area contributed by atoms with Gasteiger partial charge in [-0.3, -0.25) is 4.79 Å². The summed E-state index contributed by atoms with van der Waals surface area (Å²) in [6.07, 6.45) is 7.82. The molecule has 150 valence electrons. The molecule has 6 nitrogen and oxygen atoms in total. The first-order chi connectivity index (χ1) is 13.9. The largest absolute Gasteiger partial charge is 0.505 e. The molecule has 4 rings (SSSR count). The number of nitrogens with one attached hydrogen (secondary N) is 1. The summed E-state index contributed by atoms with van der Waals surface area (Å²) in [6, 6.07) is 10.5. The first-order valence-corrected chi connectivity index (χ1v) is 9.92. The lowest BCUT2D eigenvalue weighted by Gasteiger charge is -2.35. The SMILES string of the molecule is CC1(C)CCCC(Oc2nccc3cc(NC(=O)c4ncccc4O)ccc23)C1. The molecule has 1 saturated carbocycles. The van der Waals surface area contributed by atoms with Gasteiger partial charge in [-0.15, -0.1) is 0 Å². The number of nitrogens with zero attached hydrogens (tertiary/aromatic N) is 2. The smallest absolute Gasteiger partial charge is 0.278 e. The monoisotopic (exact) mass is 391 g/mol. The zero-order valence-corrected chi connectivity index (χ0v) is 16.7. The number of carbonyl (C=O) groups excluding carboxylic acids is 1. The topological polar surface area (TPSA) is 84.3 Å². The molecular weight excluding hydrogens is 366 g/mol. The van der Waals surface area contributed by atoms with Gasteiger partial charge >= 0.3 is 0 Å². The van der Waals surface area contributed by atoms with Crippen molar-refractivity contribution in [3.8, 4) is 11.6 Å². The third kappa shape index (κ3) is 4.31. The van der Waals surface area contributed by atoms with Crippen molar-refractivity contribution >= 4 is 22.4 Å². The average Bonchev–Trinajstić information content (AvgIpc) is 2.67. The third-order valence-electron chi connectivity index (χ3n) is 5.43. The van der Waals surface area contributed by atoms with Gasteiger partial charge in [-0.2, -0.15) is 0 Å². The molecule has 0 spiro atoms. The molecule has 0 radical (unpaired) electrons. The maximum absolute atomic E-state index is 12.4. The zero-order valence-electron chi connectivity index (χ0n) is 16.7. The highest BCUT2D eigenvalue weighted by Crippen LogP contribution is 2.37. The molecule has 3 aromatic rings. The minimum Gasteiger partial charge on any atom is -0.505 e. The van der Waals surface area contributed by atoms with Crippen LogP contribution in [-0.2, 0) is 0 Å². The van der Waals surface area contributed by atoms with Gasteiger partial charge in [0.05, 0.1) is 0 Å². The summed E-state index contributed by atoms with van der Waals surface area (Å²) in [7, 11) is 0. The first-order valence-electron chi connectivity index (χ1n) is 9.92. The molecule has 1 atom stereocenters. The van der Waals surface area contributed by atoms with Gasteiger partial charge in [0.1, 0.15) is 11.9 Å². The van der Waals surface area contributed by atoms with Crippen LogP contribution in [0.5, 0.6) is 11.6 Å². The molecule has 1 aliphatic carbocycles. The minimum absolute atomic E-state index is 0.00809. The summed E-state index contributed by atoms with van der Waals surface area (Å²) >= 11 is 0. The van der Waals surface area contributed by atoms with Gasteiger partial charge in [0.15, 0.2) is 5.69 Å². The number of fused-ring (bicyclic) bond motifs is 1. The van der Waals surface area contributed by atoms with E-state index in [1.807, 2.05) is 18.2 Å². The Bertz CT molecular complexity index is 1050. The van der Waals surface area contributed by atoms with Gasteiger partial charge in [-0.25, -0.2) is 9.97 Å². The van der Waals surface area contributed by atoms with Crippen LogP contribution in [0.4, 0.5) is 5.69 Å². The number of ether oxygens (including phenoxy) is 1. The lowest BCUT2D eigenvalue weighted by molar-refractivity contribution is 0.0827. The van der Waals surface area contributed by atoms with Crippen molar-refractivity contribution in [3.05, 3.63) is 54.5 Å². The van der Waals surface area contributed by atoms with E-state index in [0.717, 1.165) is 23.6 Å². The molecule has 29 heavy (non-hydrogen) atoms. The highest BCUT2D eigenvalue weighted by atomic mass is 16.5. The van der Waals surface area contributed by atoms with Crippen molar-refractivity contribution in [2.75, 3.05) is 5.32 Å². The summed E-state index contributed by atoms with van der Waals surface area (Å²) in [6.45, 7) is 4.57. The van der Waals surface area contributed by atoms with Crippen LogP contribution in [-0.4, -0.2) is 27.1 Å². The standard InChI is InChI=1S/C23H25N3O3/c1-23(2)10-3-5-17(14-23)29-22-18-8-7-16(13-15(18)9-12-25-22)26-21(28)20-19(27)6-4-11-24-20/h4,6-9,11-13,17,27H,3,5,10,14H2,1-2H3,(H,26,28). The van der Waals surface area contributed by atoms with Crippen LogP contribution in [0.15, 0.2) is 48.8 Å². The molecule has 1 aliphatic rings. The molecule has 0 bridgehead atoms. The fourth-order valence-corrected chi connectivity index (χ4v) is 3.97. The second kappa shape index (κ2) is 7.70. The van der Waals surface area contributed by atoms with Crippen LogP contribution in [0.25, 0.3) is 10.8 Å². The van der Waals surface area contributed by atoms with Crippen LogP contribution >= 0.6 is 0 Å². The molecule has 6 heteroatoms. The Morgan fingerprint density at radius 1 is 1.21 bits per heavy atom. The van der Waals surface area contributed by atoms with Crippen LogP contribution < -0.4 is 10.1 Å². The van der Waals surface area contributed by atoms with E-state index in [2.05, 4.69) is 29.1 Å². The Hall–Kier alpha value is -3.15. The number of rotatable bonds is 4. The van der Waals surface area contributed by atoms with Gasteiger partial charge in [0, 0.05) is 23.5 Å². The Morgan fingerprint density at radius 2 is 2.07 bits per heavy atom. The van der Waals surface area contributed by atoms with Crippen LogP contribution in [0.1, 0.15) is 50.0 Å². The molecular formula is C23H25N3O3. The fourth-order valence-electron chi connectivity index (χ4n) is 3.97. The number of hydrogen-bond acceptors (Lipinski definition) is 5. The zero-order chi connectivity index (χ0) is 20.4. The van der Waals surface area contributed by atoms with Gasteiger partial charge in [0.25, 0.3) is 5.91 Å². The molecule has 0 saturated heterocycles. The Labute approximate surface area is 170 Å². The third-order valence-corrected chi connectivity index (χ3v) is 5.43. The van der Waals surface area contributed by atoms with Crippen molar-refractivity contribution in [2.45, 2.75) is 45.6 Å². The maximum Gasteiger partial charge on any atom is 0.278 e. The van der Waals surface area contributed by atoms with E-state index in [1.165, 1.54) is 25.1 Å². The van der Waals surface area contributed by atoms with E-state index in [1.54, 1.807) is 18.3 Å². The molecule has 1 amide bonds. The number of anilines is 1. The number of benzene rings is 1. The number of carbonyl (C=O) groups is 1. The second-order valence-electron chi connectivity index (χ2n) is 8.38. The summed E-state index contributed by atoms with van der Waals surface area (Å²) in [5.41, 5.74) is 0.900. The Morgan fingerprint density at radius 3 is 2.86 bits per heavy atom. The summed E-state index contributed by atoms with van der Waals surface area (Å²) in [5.74, 6) is 0.0175. The average molecular weight is 391 g/mol. The highest BCUT2D eigenvalue weighted by molar-refractivity contribution is 6.05. The highest BCUT2D eigenvalue weighted by Gasteiger charge is 2.29. The van der Waals surface area contributed by atoms with Gasteiger partial charge in [0.2, 0.25) is 5.88 Å². The predicted octanol–water partition coefficient (Wildman–Crippen LogP) is 4.94. The van der Waals surface area contributed by atoms with Crippen LogP contribution in [0.3, 0.4) is 0 Å².